The van der Waals surface area contributed by atoms with Crippen LogP contribution in [0.3, 0.4) is 0 Å². The molecular formula is C6H12O4. The molecule has 0 unspecified atom stereocenters. The molecule has 1 atom stereocenters. The molecule has 10 heavy (non-hydrogen) atoms. The van der Waals surface area contributed by atoms with Gasteiger partial charge in [-0.1, -0.05) is 0 Å². The minimum absolute atomic E-state index is 0.0198. The second kappa shape index (κ2) is 5.20. The van der Waals surface area contributed by atoms with Crippen LogP contribution < -0.4 is 0 Å². The van der Waals surface area contributed by atoms with Crippen LogP contribution in [0.4, 0.5) is 0 Å². The summed E-state index contributed by atoms with van der Waals surface area (Å²) in [5.41, 5.74) is 0. The fourth-order valence-corrected chi connectivity index (χ4v) is 0.539. The first-order chi connectivity index (χ1) is 4.72. The van der Waals surface area contributed by atoms with Gasteiger partial charge in [0.1, 0.15) is 0 Å². The summed E-state index contributed by atoms with van der Waals surface area (Å²) in [6.07, 6.45) is -0.420. The molecule has 0 saturated heterocycles. The quantitative estimate of drug-likeness (QED) is 0.517. The maximum atomic E-state index is 10.5. The summed E-state index contributed by atoms with van der Waals surface area (Å²) >= 11 is 0. The fourth-order valence-electron chi connectivity index (χ4n) is 0.539. The molecule has 0 heterocycles. The van der Waals surface area contributed by atoms with Crippen molar-refractivity contribution in [1.82, 2.24) is 0 Å². The second-order valence-corrected chi connectivity index (χ2v) is 1.90. The van der Waals surface area contributed by atoms with Crippen molar-refractivity contribution in [2.45, 2.75) is 18.9 Å². The lowest BCUT2D eigenvalue weighted by atomic mass is 10.2. The summed E-state index contributed by atoms with van der Waals surface area (Å²) in [5, 5.41) is 17.2. The standard InChI is InChI=1S/C6H12O4/c1-10-6(9)5(8)3-2-4-7/h5,7-8H,2-4H2,1H3/t5-/m1/s1. The van der Waals surface area contributed by atoms with Crippen LogP contribution in [0.5, 0.6) is 0 Å². The predicted molar refractivity (Wildman–Crippen MR) is 34.3 cm³/mol. The lowest BCUT2D eigenvalue weighted by molar-refractivity contribution is -0.150. The van der Waals surface area contributed by atoms with E-state index < -0.39 is 12.1 Å². The van der Waals surface area contributed by atoms with Crippen molar-refractivity contribution in [2.24, 2.45) is 0 Å². The molecular weight excluding hydrogens is 136 g/mol. The smallest absolute Gasteiger partial charge is 0.334 e. The molecule has 0 spiro atoms. The predicted octanol–water partition coefficient (Wildman–Crippen LogP) is -0.707. The zero-order chi connectivity index (χ0) is 7.98. The molecule has 4 nitrogen and oxygen atoms in total. The van der Waals surface area contributed by atoms with Gasteiger partial charge in [-0.3, -0.25) is 0 Å². The number of ether oxygens (including phenoxy) is 1. The first-order valence-electron chi connectivity index (χ1n) is 3.09. The summed E-state index contributed by atoms with van der Waals surface area (Å²) in [5.74, 6) is -0.645. The van der Waals surface area contributed by atoms with E-state index in [4.69, 9.17) is 10.2 Å². The number of hydrogen-bond donors (Lipinski definition) is 2. The maximum absolute atomic E-state index is 10.5. The number of aliphatic hydroxyl groups excluding tert-OH is 2. The number of methoxy groups -OCH3 is 1. The number of carbonyl (C=O) groups is 1. The fraction of sp³-hybridized carbons (Fsp3) is 0.833. The van der Waals surface area contributed by atoms with E-state index in [1.165, 1.54) is 7.11 Å². The number of rotatable bonds is 4. The molecule has 0 aromatic heterocycles. The Morgan fingerprint density at radius 3 is 2.70 bits per heavy atom. The molecule has 4 heteroatoms. The molecule has 60 valence electrons. The Balaban J connectivity index is 3.41. The van der Waals surface area contributed by atoms with E-state index in [1.54, 1.807) is 0 Å². The number of esters is 1. The van der Waals surface area contributed by atoms with Crippen molar-refractivity contribution in [3.8, 4) is 0 Å². The van der Waals surface area contributed by atoms with Gasteiger partial charge in [-0.25, -0.2) is 4.79 Å². The van der Waals surface area contributed by atoms with Gasteiger partial charge in [-0.2, -0.15) is 0 Å². The van der Waals surface area contributed by atoms with E-state index in [-0.39, 0.29) is 13.0 Å². The van der Waals surface area contributed by atoms with Gasteiger partial charge in [0.15, 0.2) is 6.10 Å². The third-order valence-corrected chi connectivity index (χ3v) is 1.11. The molecule has 0 radical (unpaired) electrons. The lowest BCUT2D eigenvalue weighted by Gasteiger charge is -2.05. The zero-order valence-electron chi connectivity index (χ0n) is 5.91. The third kappa shape index (κ3) is 3.42. The molecule has 0 aliphatic heterocycles. The van der Waals surface area contributed by atoms with Gasteiger partial charge < -0.3 is 14.9 Å². The number of aliphatic hydroxyl groups is 2. The van der Waals surface area contributed by atoms with Crippen LogP contribution >= 0.6 is 0 Å². The van der Waals surface area contributed by atoms with Crippen molar-refractivity contribution in [3.05, 3.63) is 0 Å². The highest BCUT2D eigenvalue weighted by Crippen LogP contribution is 1.97. The molecule has 0 aliphatic carbocycles. The SMILES string of the molecule is COC(=O)[C@H](O)CCCO. The Bertz CT molecular complexity index is 102. The minimum atomic E-state index is -1.09. The molecule has 0 amide bonds. The normalized spacial score (nSPS) is 12.7. The van der Waals surface area contributed by atoms with Crippen LogP contribution in [0.1, 0.15) is 12.8 Å². The van der Waals surface area contributed by atoms with Gasteiger partial charge in [0.2, 0.25) is 0 Å². The minimum Gasteiger partial charge on any atom is -0.467 e. The summed E-state index contributed by atoms with van der Waals surface area (Å²) in [6.45, 7) is -0.0198. The lowest BCUT2D eigenvalue weighted by Crippen LogP contribution is -2.21. The number of hydrogen-bond acceptors (Lipinski definition) is 4. The van der Waals surface area contributed by atoms with Crippen molar-refractivity contribution in [3.63, 3.8) is 0 Å². The molecule has 0 aromatic carbocycles. The average molecular weight is 148 g/mol. The van der Waals surface area contributed by atoms with E-state index in [2.05, 4.69) is 4.74 Å². The van der Waals surface area contributed by atoms with Crippen LogP contribution in [0.25, 0.3) is 0 Å². The Labute approximate surface area is 59.4 Å². The van der Waals surface area contributed by atoms with E-state index in [0.717, 1.165) is 0 Å². The average Bonchev–Trinajstić information content (AvgIpc) is 1.98. The highest BCUT2D eigenvalue weighted by atomic mass is 16.5. The Hall–Kier alpha value is -0.610. The van der Waals surface area contributed by atoms with Crippen LogP contribution in [0.2, 0.25) is 0 Å². The molecule has 0 bridgehead atoms. The van der Waals surface area contributed by atoms with Gasteiger partial charge >= 0.3 is 5.97 Å². The van der Waals surface area contributed by atoms with E-state index in [0.29, 0.717) is 6.42 Å². The van der Waals surface area contributed by atoms with Gasteiger partial charge in [-0.15, -0.1) is 0 Å². The monoisotopic (exact) mass is 148 g/mol. The Morgan fingerprint density at radius 2 is 2.30 bits per heavy atom. The summed E-state index contributed by atoms with van der Waals surface area (Å²) in [4.78, 5) is 10.5. The highest BCUT2D eigenvalue weighted by molar-refractivity contribution is 5.74. The Kier molecular flexibility index (Phi) is 4.88. The van der Waals surface area contributed by atoms with Crippen molar-refractivity contribution in [2.75, 3.05) is 13.7 Å². The number of carbonyl (C=O) groups excluding carboxylic acids is 1. The van der Waals surface area contributed by atoms with Crippen LogP contribution in [-0.2, 0) is 9.53 Å². The van der Waals surface area contributed by atoms with Crippen LogP contribution in [-0.4, -0.2) is 36.0 Å². The second-order valence-electron chi connectivity index (χ2n) is 1.90. The van der Waals surface area contributed by atoms with Crippen molar-refractivity contribution >= 4 is 5.97 Å². The van der Waals surface area contributed by atoms with Crippen molar-refractivity contribution in [1.29, 1.82) is 0 Å². The molecule has 0 aromatic rings. The van der Waals surface area contributed by atoms with E-state index in [9.17, 15) is 4.79 Å². The first-order valence-corrected chi connectivity index (χ1v) is 3.09. The topological polar surface area (TPSA) is 66.8 Å². The Morgan fingerprint density at radius 1 is 1.70 bits per heavy atom. The van der Waals surface area contributed by atoms with E-state index in [1.807, 2.05) is 0 Å². The van der Waals surface area contributed by atoms with Gasteiger partial charge in [0.25, 0.3) is 0 Å². The first kappa shape index (κ1) is 9.39. The summed E-state index contributed by atoms with van der Waals surface area (Å²) in [7, 11) is 1.21. The molecule has 0 rings (SSSR count). The van der Waals surface area contributed by atoms with Gasteiger partial charge in [0, 0.05) is 6.61 Å². The molecule has 0 saturated carbocycles. The highest BCUT2D eigenvalue weighted by Gasteiger charge is 2.13. The van der Waals surface area contributed by atoms with Crippen LogP contribution in [0, 0.1) is 0 Å². The molecule has 2 N–H and O–H groups in total. The van der Waals surface area contributed by atoms with Gasteiger partial charge in [0.05, 0.1) is 7.11 Å². The van der Waals surface area contributed by atoms with Gasteiger partial charge in [-0.05, 0) is 12.8 Å². The summed E-state index contributed by atoms with van der Waals surface area (Å²) in [6, 6.07) is 0. The van der Waals surface area contributed by atoms with Crippen LogP contribution in [0.15, 0.2) is 0 Å². The molecule has 0 aliphatic rings. The van der Waals surface area contributed by atoms with E-state index >= 15 is 0 Å². The third-order valence-electron chi connectivity index (χ3n) is 1.11. The molecule has 0 fully saturated rings. The summed E-state index contributed by atoms with van der Waals surface area (Å²) < 4.78 is 4.24. The zero-order valence-corrected chi connectivity index (χ0v) is 5.91. The largest absolute Gasteiger partial charge is 0.467 e. The van der Waals surface area contributed by atoms with Crippen molar-refractivity contribution < 1.29 is 19.7 Å². The maximum Gasteiger partial charge on any atom is 0.334 e.